The number of hydrogen-bond acceptors (Lipinski definition) is 12. The Morgan fingerprint density at radius 2 is 0.967 bits per heavy atom. The molecule has 304 valence electrons. The van der Waals surface area contributed by atoms with Crippen LogP contribution < -0.4 is 29.6 Å². The molecule has 0 spiro atoms. The average molecular weight is 889 g/mol. The molecule has 0 aliphatic heterocycles. The molecule has 60 heavy (non-hydrogen) atoms. The predicted molar refractivity (Wildman–Crippen MR) is 229 cm³/mol. The number of methoxy groups -OCH3 is 4. The van der Waals surface area contributed by atoms with E-state index in [0.29, 0.717) is 110 Å². The molecule has 0 unspecified atom stereocenters. The van der Waals surface area contributed by atoms with Crippen molar-refractivity contribution in [3.05, 3.63) is 117 Å². The fraction of sp³-hybridized carbons (Fsp3) is 0.100. The first-order valence-corrected chi connectivity index (χ1v) is 18.9. The number of nitrogens with one attached hydrogen (secondary N) is 4. The van der Waals surface area contributed by atoms with Crippen molar-refractivity contribution in [1.29, 1.82) is 0 Å². The van der Waals surface area contributed by atoms with Crippen molar-refractivity contribution in [2.45, 2.75) is 0 Å². The Morgan fingerprint density at radius 3 is 1.35 bits per heavy atom. The van der Waals surface area contributed by atoms with E-state index in [4.69, 9.17) is 65.4 Å². The molecule has 4 aromatic carbocycles. The van der Waals surface area contributed by atoms with Gasteiger partial charge in [-0.3, -0.25) is 39.9 Å². The second-order valence-corrected chi connectivity index (χ2v) is 13.7. The van der Waals surface area contributed by atoms with Gasteiger partial charge in [-0.1, -0.05) is 58.5 Å². The van der Waals surface area contributed by atoms with Gasteiger partial charge in [0.15, 0.2) is 0 Å². The number of aromatic nitrogens is 8. The summed E-state index contributed by atoms with van der Waals surface area (Å²) in [6.45, 7) is 0. The number of nitrogens with zero attached hydrogens (tertiary/aromatic N) is 6. The predicted octanol–water partition coefficient (Wildman–Crippen LogP) is 9.19. The molecule has 8 rings (SSSR count). The van der Waals surface area contributed by atoms with Crippen LogP contribution in [0.5, 0.6) is 23.0 Å². The van der Waals surface area contributed by atoms with E-state index in [1.165, 1.54) is 65.6 Å². The van der Waals surface area contributed by atoms with Gasteiger partial charge in [0.05, 0.1) is 76.9 Å². The first kappa shape index (κ1) is 41.4. The summed E-state index contributed by atoms with van der Waals surface area (Å²) in [6.07, 6.45) is 10.8. The highest BCUT2D eigenvalue weighted by Crippen LogP contribution is 2.49. The standard InChI is InChI=1S/2C20H15Cl2N5O3/c1-29-12-9-13(30-2)16(22)14(15(12)21)10-3-4-11(18-17(10)23-5-6-24-18)19(28)27-20-25-7-8-26-20;1-29-12-9-13(30-2)17(22)15(16(12)21)10-3-4-11(19-18(10)23-7-8-24-19)20(28)26-14-5-6-25-27-14/h2*3-9H,1-2H3,(H2,25,26,27,28). The van der Waals surface area contributed by atoms with Gasteiger partial charge < -0.3 is 29.2 Å². The zero-order valence-electron chi connectivity index (χ0n) is 31.7. The van der Waals surface area contributed by atoms with Crippen molar-refractivity contribution in [2.24, 2.45) is 0 Å². The Labute approximate surface area is 360 Å². The summed E-state index contributed by atoms with van der Waals surface area (Å²) in [5.41, 5.74) is 4.44. The van der Waals surface area contributed by atoms with Crippen molar-refractivity contribution in [1.82, 2.24) is 40.1 Å². The zero-order chi connectivity index (χ0) is 42.5. The molecule has 0 atom stereocenters. The molecule has 20 heteroatoms. The van der Waals surface area contributed by atoms with Gasteiger partial charge in [0.1, 0.15) is 39.8 Å². The number of fused-ring (bicyclic) bond motifs is 2. The number of ether oxygens (including phenoxy) is 4. The lowest BCUT2D eigenvalue weighted by Crippen LogP contribution is -2.14. The van der Waals surface area contributed by atoms with Crippen molar-refractivity contribution in [3.63, 3.8) is 0 Å². The lowest BCUT2D eigenvalue weighted by Gasteiger charge is -2.16. The number of carbonyl (C=O) groups excluding carboxylic acids is 2. The Morgan fingerprint density at radius 1 is 0.533 bits per heavy atom. The summed E-state index contributed by atoms with van der Waals surface area (Å²) in [4.78, 5) is 50.0. The van der Waals surface area contributed by atoms with Gasteiger partial charge in [0, 0.05) is 77.6 Å². The van der Waals surface area contributed by atoms with Crippen molar-refractivity contribution in [3.8, 4) is 45.3 Å². The number of anilines is 2. The Bertz CT molecular complexity index is 2630. The van der Waals surface area contributed by atoms with E-state index in [2.05, 4.69) is 50.7 Å². The van der Waals surface area contributed by atoms with E-state index < -0.39 is 0 Å². The average Bonchev–Trinajstić information content (AvgIpc) is 3.99. The second-order valence-electron chi connectivity index (χ2n) is 12.2. The Balaban J connectivity index is 0.000000181. The van der Waals surface area contributed by atoms with Crippen molar-refractivity contribution < 1.29 is 28.5 Å². The third-order valence-corrected chi connectivity index (χ3v) is 10.4. The fourth-order valence-corrected chi connectivity index (χ4v) is 7.56. The number of carbonyl (C=O) groups is 2. The summed E-state index contributed by atoms with van der Waals surface area (Å²) in [5, 5.41) is 13.1. The SMILES string of the molecule is COc1cc(OC)c(Cl)c(-c2ccc(C(=O)Nc3ccn[nH]3)c3nccnc23)c1Cl.COc1cc(OC)c(Cl)c(-c2ccc(C(=O)Nc3ncc[nH]3)c3nccnc23)c1Cl. The monoisotopic (exact) mass is 886 g/mol. The van der Waals surface area contributed by atoms with Gasteiger partial charge in [0.25, 0.3) is 11.8 Å². The highest BCUT2D eigenvalue weighted by atomic mass is 35.5. The molecule has 2 amide bonds. The molecule has 0 bridgehead atoms. The van der Waals surface area contributed by atoms with E-state index in [1.807, 2.05) is 0 Å². The minimum absolute atomic E-state index is 0.294. The molecule has 0 aliphatic carbocycles. The van der Waals surface area contributed by atoms with Crippen LogP contribution in [0.2, 0.25) is 20.1 Å². The fourth-order valence-electron chi connectivity index (χ4n) is 6.15. The molecular formula is C40H30Cl4N10O6. The van der Waals surface area contributed by atoms with Crippen molar-refractivity contribution in [2.75, 3.05) is 39.1 Å². The molecule has 0 aliphatic rings. The highest BCUT2D eigenvalue weighted by Gasteiger charge is 2.25. The molecule has 8 aromatic rings. The third kappa shape index (κ3) is 8.00. The van der Waals surface area contributed by atoms with Gasteiger partial charge in [-0.05, 0) is 12.1 Å². The van der Waals surface area contributed by atoms with Crippen LogP contribution in [0, 0.1) is 0 Å². The first-order valence-electron chi connectivity index (χ1n) is 17.4. The van der Waals surface area contributed by atoms with Crippen LogP contribution in [0.15, 0.2) is 85.8 Å². The molecule has 0 saturated heterocycles. The maximum Gasteiger partial charge on any atom is 0.260 e. The lowest BCUT2D eigenvalue weighted by molar-refractivity contribution is 0.101. The van der Waals surface area contributed by atoms with Gasteiger partial charge in [0.2, 0.25) is 5.95 Å². The van der Waals surface area contributed by atoms with E-state index in [0.717, 1.165) is 0 Å². The highest BCUT2D eigenvalue weighted by molar-refractivity contribution is 6.42. The summed E-state index contributed by atoms with van der Waals surface area (Å²) in [6, 6.07) is 11.5. The summed E-state index contributed by atoms with van der Waals surface area (Å²) in [5.74, 6) is 1.61. The molecule has 0 fully saturated rings. The number of halogens is 4. The molecule has 16 nitrogen and oxygen atoms in total. The smallest absolute Gasteiger partial charge is 0.260 e. The molecule has 0 radical (unpaired) electrons. The van der Waals surface area contributed by atoms with Crippen LogP contribution in [-0.4, -0.2) is 80.4 Å². The number of H-pyrrole nitrogens is 2. The second kappa shape index (κ2) is 18.0. The van der Waals surface area contributed by atoms with Crippen LogP contribution in [0.1, 0.15) is 20.7 Å². The number of aromatic amines is 2. The molecule has 4 aromatic heterocycles. The molecule has 4 heterocycles. The summed E-state index contributed by atoms with van der Waals surface area (Å²) >= 11 is 26.3. The molecule has 0 saturated carbocycles. The maximum atomic E-state index is 12.8. The quantitative estimate of drug-likeness (QED) is 0.102. The van der Waals surface area contributed by atoms with E-state index in [1.54, 1.807) is 48.7 Å². The van der Waals surface area contributed by atoms with Crippen LogP contribution in [0.3, 0.4) is 0 Å². The summed E-state index contributed by atoms with van der Waals surface area (Å²) < 4.78 is 21.4. The van der Waals surface area contributed by atoms with Gasteiger partial charge in [-0.25, -0.2) is 4.98 Å². The first-order chi connectivity index (χ1) is 29.1. The van der Waals surface area contributed by atoms with Gasteiger partial charge in [-0.15, -0.1) is 0 Å². The van der Waals surface area contributed by atoms with Crippen LogP contribution >= 0.6 is 46.4 Å². The minimum Gasteiger partial charge on any atom is -0.495 e. The Kier molecular flexibility index (Phi) is 12.5. The van der Waals surface area contributed by atoms with E-state index in [-0.39, 0.29) is 11.8 Å². The van der Waals surface area contributed by atoms with E-state index >= 15 is 0 Å². The molecule has 4 N–H and O–H groups in total. The van der Waals surface area contributed by atoms with Crippen molar-refractivity contribution >= 4 is 92.1 Å². The number of rotatable bonds is 10. The van der Waals surface area contributed by atoms with Crippen LogP contribution in [0.4, 0.5) is 11.8 Å². The van der Waals surface area contributed by atoms with E-state index in [9.17, 15) is 9.59 Å². The largest absolute Gasteiger partial charge is 0.495 e. The zero-order valence-corrected chi connectivity index (χ0v) is 34.8. The number of hydrogen-bond donors (Lipinski definition) is 4. The maximum absolute atomic E-state index is 12.8. The molecular weight excluding hydrogens is 858 g/mol. The lowest BCUT2D eigenvalue weighted by atomic mass is 9.99. The third-order valence-electron chi connectivity index (χ3n) is 8.90. The van der Waals surface area contributed by atoms with Crippen LogP contribution in [0.25, 0.3) is 44.3 Å². The summed E-state index contributed by atoms with van der Waals surface area (Å²) in [7, 11) is 5.99. The topological polar surface area (TPSA) is 204 Å². The van der Waals surface area contributed by atoms with Gasteiger partial charge in [-0.2, -0.15) is 5.10 Å². The Hall–Kier alpha value is -6.72. The number of benzene rings is 4. The minimum atomic E-state index is -0.387. The number of imidazole rings is 1. The number of amides is 2. The van der Waals surface area contributed by atoms with Crippen LogP contribution in [-0.2, 0) is 0 Å². The normalized spacial score (nSPS) is 10.8. The van der Waals surface area contributed by atoms with Gasteiger partial charge >= 0.3 is 0 Å².